The summed E-state index contributed by atoms with van der Waals surface area (Å²) in [4.78, 5) is 12.5. The summed E-state index contributed by atoms with van der Waals surface area (Å²) < 4.78 is 11.2. The van der Waals surface area contributed by atoms with Gasteiger partial charge in [0.1, 0.15) is 17.7 Å². The summed E-state index contributed by atoms with van der Waals surface area (Å²) in [6.07, 6.45) is -0.818. The van der Waals surface area contributed by atoms with Crippen LogP contribution in [0.5, 0.6) is 0 Å². The number of nitrogens with two attached hydrogens (primary N) is 1. The molecule has 4 N–H and O–H groups in total. The van der Waals surface area contributed by atoms with Crippen LogP contribution < -0.4 is 11.1 Å². The maximum absolute atomic E-state index is 12.5. The molecule has 0 aliphatic heterocycles. The van der Waals surface area contributed by atoms with Gasteiger partial charge in [-0.1, -0.05) is 30.3 Å². The van der Waals surface area contributed by atoms with E-state index in [4.69, 9.17) is 20.3 Å². The largest absolute Gasteiger partial charge is 0.460 e. The Morgan fingerprint density at radius 1 is 1.29 bits per heavy atom. The van der Waals surface area contributed by atoms with Crippen LogP contribution in [-0.2, 0) is 20.9 Å². The summed E-state index contributed by atoms with van der Waals surface area (Å²) >= 11 is 0. The van der Waals surface area contributed by atoms with Crippen LogP contribution in [0, 0.1) is 5.92 Å². The van der Waals surface area contributed by atoms with Gasteiger partial charge in [0.15, 0.2) is 0 Å². The lowest BCUT2D eigenvalue weighted by Gasteiger charge is -2.31. The molecule has 1 rings (SSSR count). The molecule has 0 bridgehead atoms. The predicted octanol–water partition coefficient (Wildman–Crippen LogP) is 1.42. The molecule has 24 heavy (non-hydrogen) atoms. The van der Waals surface area contributed by atoms with Crippen molar-refractivity contribution in [1.82, 2.24) is 5.32 Å². The average molecular weight is 338 g/mol. The number of carbonyl (C=O) groups excluding carboxylic acids is 1. The van der Waals surface area contributed by atoms with Gasteiger partial charge >= 0.3 is 5.97 Å². The first-order valence-corrected chi connectivity index (χ1v) is 8.23. The first-order chi connectivity index (χ1) is 11.2. The van der Waals surface area contributed by atoms with Crippen molar-refractivity contribution < 1.29 is 19.4 Å². The minimum Gasteiger partial charge on any atom is -0.460 e. The lowest BCUT2D eigenvalue weighted by Crippen LogP contribution is -2.51. The minimum absolute atomic E-state index is 0.0223. The fourth-order valence-electron chi connectivity index (χ4n) is 2.28. The van der Waals surface area contributed by atoms with Crippen molar-refractivity contribution in [2.24, 2.45) is 11.7 Å². The SMILES string of the molecule is CC(NCCO)[C@@H](C(=O)OC(C)(C)C)C(N)OCc1ccccc1. The molecule has 0 heterocycles. The zero-order valence-corrected chi connectivity index (χ0v) is 15.0. The Balaban J connectivity index is 2.76. The third-order valence-corrected chi connectivity index (χ3v) is 3.43. The molecule has 0 spiro atoms. The van der Waals surface area contributed by atoms with Gasteiger partial charge in [-0.15, -0.1) is 0 Å². The van der Waals surface area contributed by atoms with Crippen molar-refractivity contribution in [3.63, 3.8) is 0 Å². The quantitative estimate of drug-likeness (QED) is 0.466. The summed E-state index contributed by atoms with van der Waals surface area (Å²) in [5.41, 5.74) is 6.51. The maximum Gasteiger partial charge on any atom is 0.315 e. The highest BCUT2D eigenvalue weighted by molar-refractivity contribution is 5.74. The summed E-state index contributed by atoms with van der Waals surface area (Å²) in [6, 6.07) is 9.33. The molecule has 136 valence electrons. The van der Waals surface area contributed by atoms with Crippen molar-refractivity contribution in [2.45, 2.75) is 52.2 Å². The van der Waals surface area contributed by atoms with E-state index in [2.05, 4.69) is 5.32 Å². The normalized spacial score (nSPS) is 15.6. The van der Waals surface area contributed by atoms with E-state index in [1.807, 2.05) is 58.0 Å². The van der Waals surface area contributed by atoms with Crippen LogP contribution in [0.1, 0.15) is 33.3 Å². The van der Waals surface area contributed by atoms with Crippen molar-refractivity contribution in [3.05, 3.63) is 35.9 Å². The number of ether oxygens (including phenoxy) is 2. The summed E-state index contributed by atoms with van der Waals surface area (Å²) in [5, 5.41) is 12.0. The van der Waals surface area contributed by atoms with E-state index in [1.54, 1.807) is 0 Å². The van der Waals surface area contributed by atoms with Gasteiger partial charge in [-0.3, -0.25) is 4.79 Å². The molecule has 0 saturated heterocycles. The lowest BCUT2D eigenvalue weighted by atomic mass is 9.99. The second-order valence-corrected chi connectivity index (χ2v) is 6.79. The Kier molecular flexibility index (Phi) is 8.35. The molecule has 1 aromatic rings. The topological polar surface area (TPSA) is 93.8 Å². The number of benzene rings is 1. The standard InChI is InChI=1S/C18H30N2O4/c1-13(20-10-11-21)15(17(22)24-18(2,3)4)16(19)23-12-14-8-6-5-7-9-14/h5-9,13,15-16,20-21H,10-12,19H2,1-4H3/t13?,15-,16?/m1/s1. The summed E-state index contributed by atoms with van der Waals surface area (Å²) in [7, 11) is 0. The monoisotopic (exact) mass is 338 g/mol. The van der Waals surface area contributed by atoms with Gasteiger partial charge in [0.25, 0.3) is 0 Å². The van der Waals surface area contributed by atoms with Gasteiger partial charge in [-0.25, -0.2) is 0 Å². The lowest BCUT2D eigenvalue weighted by molar-refractivity contribution is -0.167. The highest BCUT2D eigenvalue weighted by Gasteiger charge is 2.35. The van der Waals surface area contributed by atoms with Gasteiger partial charge in [0, 0.05) is 12.6 Å². The zero-order valence-electron chi connectivity index (χ0n) is 15.0. The Hall–Kier alpha value is -1.47. The molecule has 0 fully saturated rings. The number of nitrogens with one attached hydrogen (secondary N) is 1. The van der Waals surface area contributed by atoms with E-state index >= 15 is 0 Å². The number of aliphatic hydroxyl groups is 1. The highest BCUT2D eigenvalue weighted by Crippen LogP contribution is 2.18. The fraction of sp³-hybridized carbons (Fsp3) is 0.611. The molecular formula is C18H30N2O4. The molecule has 0 amide bonds. The second kappa shape index (κ2) is 9.74. The van der Waals surface area contributed by atoms with E-state index in [-0.39, 0.29) is 12.6 Å². The van der Waals surface area contributed by atoms with Gasteiger partial charge < -0.3 is 25.6 Å². The molecule has 6 heteroatoms. The van der Waals surface area contributed by atoms with E-state index in [9.17, 15) is 4.79 Å². The summed E-state index contributed by atoms with van der Waals surface area (Å²) in [6.45, 7) is 7.92. The van der Waals surface area contributed by atoms with Crippen LogP contribution in [0.2, 0.25) is 0 Å². The van der Waals surface area contributed by atoms with E-state index in [0.717, 1.165) is 5.56 Å². The van der Waals surface area contributed by atoms with E-state index in [0.29, 0.717) is 13.2 Å². The van der Waals surface area contributed by atoms with Crippen LogP contribution in [0.15, 0.2) is 30.3 Å². The Morgan fingerprint density at radius 2 is 1.92 bits per heavy atom. The molecule has 0 aliphatic rings. The fourth-order valence-corrected chi connectivity index (χ4v) is 2.28. The smallest absolute Gasteiger partial charge is 0.315 e. The van der Waals surface area contributed by atoms with Gasteiger partial charge in [0.2, 0.25) is 0 Å². The predicted molar refractivity (Wildman–Crippen MR) is 93.1 cm³/mol. The van der Waals surface area contributed by atoms with Gasteiger partial charge in [-0.2, -0.15) is 0 Å². The molecular weight excluding hydrogens is 308 g/mol. The third kappa shape index (κ3) is 7.40. The van der Waals surface area contributed by atoms with Crippen LogP contribution in [-0.4, -0.2) is 42.1 Å². The van der Waals surface area contributed by atoms with E-state index in [1.165, 1.54) is 0 Å². The number of rotatable bonds is 9. The molecule has 1 aromatic carbocycles. The van der Waals surface area contributed by atoms with Crippen LogP contribution in [0.25, 0.3) is 0 Å². The Bertz CT molecular complexity index is 488. The minimum atomic E-state index is -0.818. The van der Waals surface area contributed by atoms with Crippen LogP contribution in [0.4, 0.5) is 0 Å². The molecule has 2 unspecified atom stereocenters. The van der Waals surface area contributed by atoms with Crippen molar-refractivity contribution in [2.75, 3.05) is 13.2 Å². The van der Waals surface area contributed by atoms with Crippen molar-refractivity contribution >= 4 is 5.97 Å². The van der Waals surface area contributed by atoms with Gasteiger partial charge in [0.05, 0.1) is 13.2 Å². The molecule has 3 atom stereocenters. The number of hydrogen-bond donors (Lipinski definition) is 3. The molecule has 0 saturated carbocycles. The van der Waals surface area contributed by atoms with Gasteiger partial charge in [-0.05, 0) is 33.3 Å². The molecule has 0 aromatic heterocycles. The number of aliphatic hydroxyl groups excluding tert-OH is 1. The number of hydrogen-bond acceptors (Lipinski definition) is 6. The molecule has 0 aliphatic carbocycles. The second-order valence-electron chi connectivity index (χ2n) is 6.79. The number of carbonyl (C=O) groups is 1. The van der Waals surface area contributed by atoms with Crippen molar-refractivity contribution in [1.29, 1.82) is 0 Å². The molecule has 0 radical (unpaired) electrons. The Labute approximate surface area is 144 Å². The first kappa shape index (κ1) is 20.6. The van der Waals surface area contributed by atoms with Crippen LogP contribution in [0.3, 0.4) is 0 Å². The summed E-state index contributed by atoms with van der Waals surface area (Å²) in [5.74, 6) is -1.10. The average Bonchev–Trinajstić information content (AvgIpc) is 2.50. The Morgan fingerprint density at radius 3 is 2.46 bits per heavy atom. The van der Waals surface area contributed by atoms with E-state index < -0.39 is 23.7 Å². The third-order valence-electron chi connectivity index (χ3n) is 3.43. The zero-order chi connectivity index (χ0) is 18.2. The number of esters is 1. The maximum atomic E-state index is 12.5. The highest BCUT2D eigenvalue weighted by atomic mass is 16.6. The molecule has 6 nitrogen and oxygen atoms in total. The first-order valence-electron chi connectivity index (χ1n) is 8.23. The van der Waals surface area contributed by atoms with Crippen LogP contribution >= 0.6 is 0 Å². The van der Waals surface area contributed by atoms with Crippen molar-refractivity contribution in [3.8, 4) is 0 Å².